The molecule has 1 aliphatic heterocycles. The fourth-order valence-electron chi connectivity index (χ4n) is 3.29. The van der Waals surface area contributed by atoms with Crippen LogP contribution in [0.5, 0.6) is 0 Å². The van der Waals surface area contributed by atoms with Gasteiger partial charge in [-0.3, -0.25) is 0 Å². The van der Waals surface area contributed by atoms with Crippen LogP contribution in [0.1, 0.15) is 36.8 Å². The van der Waals surface area contributed by atoms with Crippen molar-refractivity contribution in [2.45, 2.75) is 45.1 Å². The molecule has 2 aliphatic rings. The second-order valence-electron chi connectivity index (χ2n) is 5.94. The zero-order valence-electron chi connectivity index (χ0n) is 12.0. The fourth-order valence-corrected chi connectivity index (χ4v) is 3.29. The van der Waals surface area contributed by atoms with E-state index in [9.17, 15) is 0 Å². The minimum Gasteiger partial charge on any atom is -0.373 e. The van der Waals surface area contributed by atoms with Crippen LogP contribution in [-0.4, -0.2) is 18.0 Å². The van der Waals surface area contributed by atoms with Crippen LogP contribution in [0.3, 0.4) is 0 Å². The van der Waals surface area contributed by atoms with E-state index in [-0.39, 0.29) is 0 Å². The van der Waals surface area contributed by atoms with Crippen LogP contribution in [0.4, 0.5) is 0 Å². The first-order valence-corrected chi connectivity index (χ1v) is 7.41. The van der Waals surface area contributed by atoms with E-state index in [2.05, 4.69) is 55.4 Å². The lowest BCUT2D eigenvalue weighted by molar-refractivity contribution is 0.343. The van der Waals surface area contributed by atoms with Crippen LogP contribution >= 0.6 is 0 Å². The molecule has 0 amide bonds. The summed E-state index contributed by atoms with van der Waals surface area (Å²) in [6.07, 6.45) is 11.0. The van der Waals surface area contributed by atoms with Gasteiger partial charge in [-0.15, -0.1) is 0 Å². The van der Waals surface area contributed by atoms with Gasteiger partial charge in [-0.25, -0.2) is 0 Å². The highest BCUT2D eigenvalue weighted by Crippen LogP contribution is 2.34. The molecule has 0 radical (unpaired) electrons. The van der Waals surface area contributed by atoms with E-state index in [1.165, 1.54) is 36.8 Å². The Hall–Kier alpha value is -1.50. The predicted octanol–water partition coefficient (Wildman–Crippen LogP) is 4.24. The number of nitrogens with zero attached hydrogens (tertiary/aromatic N) is 1. The maximum atomic E-state index is 2.39. The second-order valence-corrected chi connectivity index (χ2v) is 5.94. The van der Waals surface area contributed by atoms with Crippen molar-refractivity contribution in [3.05, 3.63) is 58.8 Å². The maximum absolute atomic E-state index is 2.39. The summed E-state index contributed by atoms with van der Waals surface area (Å²) in [5.41, 5.74) is 6.10. The van der Waals surface area contributed by atoms with Gasteiger partial charge in [0.05, 0.1) is 6.04 Å². The van der Waals surface area contributed by atoms with E-state index in [1.807, 2.05) is 0 Å². The highest BCUT2D eigenvalue weighted by Gasteiger charge is 2.25. The molecule has 0 saturated heterocycles. The SMILES string of the molecule is Cc1ccc(CC2C3=C(C=CN2C)CCCC3)cc1. The average Bonchev–Trinajstić information content (AvgIpc) is 2.44. The Morgan fingerprint density at radius 2 is 1.84 bits per heavy atom. The van der Waals surface area contributed by atoms with Crippen LogP contribution in [0.2, 0.25) is 0 Å². The van der Waals surface area contributed by atoms with Gasteiger partial charge in [0.25, 0.3) is 0 Å². The van der Waals surface area contributed by atoms with E-state index >= 15 is 0 Å². The molecule has 1 atom stereocenters. The lowest BCUT2D eigenvalue weighted by Crippen LogP contribution is -2.35. The summed E-state index contributed by atoms with van der Waals surface area (Å²) >= 11 is 0. The lowest BCUT2D eigenvalue weighted by atomic mass is 9.83. The van der Waals surface area contributed by atoms with Gasteiger partial charge >= 0.3 is 0 Å². The lowest BCUT2D eigenvalue weighted by Gasteiger charge is -2.36. The molecule has 1 nitrogen and oxygen atoms in total. The van der Waals surface area contributed by atoms with E-state index in [0.717, 1.165) is 6.42 Å². The summed E-state index contributed by atoms with van der Waals surface area (Å²) in [6.45, 7) is 2.15. The zero-order chi connectivity index (χ0) is 13.2. The monoisotopic (exact) mass is 253 g/mol. The summed E-state index contributed by atoms with van der Waals surface area (Å²) in [5, 5.41) is 0. The van der Waals surface area contributed by atoms with Gasteiger partial charge in [-0.1, -0.05) is 29.8 Å². The molecule has 0 bridgehead atoms. The van der Waals surface area contributed by atoms with Gasteiger partial charge in [0, 0.05) is 7.05 Å². The molecule has 1 heteroatoms. The van der Waals surface area contributed by atoms with Crippen molar-refractivity contribution < 1.29 is 0 Å². The molecule has 0 aromatic heterocycles. The van der Waals surface area contributed by atoms with Gasteiger partial charge in [-0.05, 0) is 68.0 Å². The molecule has 0 N–H and O–H groups in total. The third-order valence-corrected chi connectivity index (χ3v) is 4.51. The van der Waals surface area contributed by atoms with E-state index in [0.29, 0.717) is 6.04 Å². The molecular formula is C18H23N. The molecule has 1 heterocycles. The quantitative estimate of drug-likeness (QED) is 0.762. The second kappa shape index (κ2) is 5.24. The highest BCUT2D eigenvalue weighted by atomic mass is 15.1. The summed E-state index contributed by atoms with van der Waals surface area (Å²) < 4.78 is 0. The third kappa shape index (κ3) is 2.60. The number of rotatable bonds is 2. The van der Waals surface area contributed by atoms with Gasteiger partial charge in [0.2, 0.25) is 0 Å². The van der Waals surface area contributed by atoms with Crippen LogP contribution in [0.25, 0.3) is 0 Å². The first kappa shape index (κ1) is 12.5. The third-order valence-electron chi connectivity index (χ3n) is 4.51. The van der Waals surface area contributed by atoms with Crippen molar-refractivity contribution in [2.75, 3.05) is 7.05 Å². The number of hydrogen-bond donors (Lipinski definition) is 0. The predicted molar refractivity (Wildman–Crippen MR) is 81.1 cm³/mol. The summed E-state index contributed by atoms with van der Waals surface area (Å²) in [6, 6.07) is 9.59. The Morgan fingerprint density at radius 1 is 1.11 bits per heavy atom. The Morgan fingerprint density at radius 3 is 2.63 bits per heavy atom. The first-order chi connectivity index (χ1) is 9.24. The normalized spacial score (nSPS) is 22.6. The van der Waals surface area contributed by atoms with E-state index in [4.69, 9.17) is 0 Å². The number of benzene rings is 1. The largest absolute Gasteiger partial charge is 0.373 e. The van der Waals surface area contributed by atoms with Gasteiger partial charge < -0.3 is 4.90 Å². The summed E-state index contributed by atoms with van der Waals surface area (Å²) in [7, 11) is 2.22. The number of aryl methyl sites for hydroxylation is 1. The molecule has 1 aliphatic carbocycles. The molecule has 100 valence electrons. The average molecular weight is 253 g/mol. The summed E-state index contributed by atoms with van der Waals surface area (Å²) in [5.74, 6) is 0. The van der Waals surface area contributed by atoms with E-state index in [1.54, 1.807) is 11.1 Å². The van der Waals surface area contributed by atoms with Gasteiger partial charge in [-0.2, -0.15) is 0 Å². The van der Waals surface area contributed by atoms with Crippen molar-refractivity contribution in [1.29, 1.82) is 0 Å². The zero-order valence-corrected chi connectivity index (χ0v) is 12.0. The first-order valence-electron chi connectivity index (χ1n) is 7.41. The molecule has 19 heavy (non-hydrogen) atoms. The molecule has 1 aromatic carbocycles. The van der Waals surface area contributed by atoms with Crippen LogP contribution in [-0.2, 0) is 6.42 Å². The van der Waals surface area contributed by atoms with Crippen LogP contribution in [0, 0.1) is 6.92 Å². The Bertz CT molecular complexity index is 507. The topological polar surface area (TPSA) is 3.24 Å². The standard InChI is InChI=1S/C18H23N/c1-14-7-9-15(10-8-14)13-18-17-6-4-3-5-16(17)11-12-19(18)2/h7-12,18H,3-6,13H2,1-2H3. The Kier molecular flexibility index (Phi) is 3.46. The Balaban J connectivity index is 1.84. The smallest absolute Gasteiger partial charge is 0.0539 e. The molecule has 0 spiro atoms. The van der Waals surface area contributed by atoms with Crippen molar-refractivity contribution in [3.8, 4) is 0 Å². The molecular weight excluding hydrogens is 230 g/mol. The van der Waals surface area contributed by atoms with Crippen molar-refractivity contribution in [1.82, 2.24) is 4.90 Å². The van der Waals surface area contributed by atoms with Crippen LogP contribution in [0.15, 0.2) is 47.7 Å². The van der Waals surface area contributed by atoms with Gasteiger partial charge in [0.15, 0.2) is 0 Å². The van der Waals surface area contributed by atoms with E-state index < -0.39 is 0 Å². The molecule has 0 fully saturated rings. The van der Waals surface area contributed by atoms with Gasteiger partial charge in [0.1, 0.15) is 0 Å². The highest BCUT2D eigenvalue weighted by molar-refractivity contribution is 5.36. The minimum atomic E-state index is 0.572. The number of allylic oxidation sites excluding steroid dienone is 2. The van der Waals surface area contributed by atoms with Crippen molar-refractivity contribution in [2.24, 2.45) is 0 Å². The van der Waals surface area contributed by atoms with Crippen LogP contribution < -0.4 is 0 Å². The van der Waals surface area contributed by atoms with Crippen molar-refractivity contribution in [3.63, 3.8) is 0 Å². The fraction of sp³-hybridized carbons (Fsp3) is 0.444. The maximum Gasteiger partial charge on any atom is 0.0539 e. The molecule has 1 unspecified atom stereocenters. The molecule has 0 saturated carbocycles. The minimum absolute atomic E-state index is 0.572. The number of likely N-dealkylation sites (N-methyl/N-ethyl adjacent to an activating group) is 1. The van der Waals surface area contributed by atoms with Crippen molar-refractivity contribution >= 4 is 0 Å². The molecule has 1 aromatic rings. The number of hydrogen-bond acceptors (Lipinski definition) is 1. The Labute approximate surface area is 116 Å². The molecule has 3 rings (SSSR count). The summed E-state index contributed by atoms with van der Waals surface area (Å²) in [4.78, 5) is 2.39.